The lowest BCUT2D eigenvalue weighted by atomic mass is 9.82. The van der Waals surface area contributed by atoms with Crippen LogP contribution in [0.3, 0.4) is 0 Å². The fourth-order valence-electron chi connectivity index (χ4n) is 4.39. The van der Waals surface area contributed by atoms with Gasteiger partial charge in [-0.2, -0.15) is 0 Å². The summed E-state index contributed by atoms with van der Waals surface area (Å²) in [6, 6.07) is 10.2. The average Bonchev–Trinajstić information content (AvgIpc) is 3.27. The van der Waals surface area contributed by atoms with Gasteiger partial charge in [-0.1, -0.05) is 30.3 Å². The number of hydrogen-bond acceptors (Lipinski definition) is 4. The van der Waals surface area contributed by atoms with Crippen LogP contribution in [0.4, 0.5) is 0 Å². The quantitative estimate of drug-likeness (QED) is 0.849. The number of imidazole rings is 1. The van der Waals surface area contributed by atoms with Crippen molar-refractivity contribution in [2.75, 3.05) is 26.8 Å². The van der Waals surface area contributed by atoms with Crippen LogP contribution in [0.2, 0.25) is 0 Å². The maximum absolute atomic E-state index is 12.6. The molecule has 0 aliphatic carbocycles. The number of methoxy groups -OCH3 is 1. The van der Waals surface area contributed by atoms with Crippen molar-refractivity contribution in [1.82, 2.24) is 19.8 Å². The van der Waals surface area contributed by atoms with Crippen molar-refractivity contribution in [3.63, 3.8) is 0 Å². The Hall–Kier alpha value is -2.18. The second kappa shape index (κ2) is 7.82. The minimum absolute atomic E-state index is 0.00862. The monoisotopic (exact) mass is 368 g/mol. The van der Waals surface area contributed by atoms with Crippen LogP contribution in [0.25, 0.3) is 0 Å². The summed E-state index contributed by atoms with van der Waals surface area (Å²) in [5, 5.41) is 3.33. The predicted molar refractivity (Wildman–Crippen MR) is 103 cm³/mol. The first-order valence-corrected chi connectivity index (χ1v) is 9.77. The highest BCUT2D eigenvalue weighted by Crippen LogP contribution is 2.39. The van der Waals surface area contributed by atoms with Crippen molar-refractivity contribution in [2.24, 2.45) is 0 Å². The molecule has 144 valence electrons. The number of amides is 1. The molecule has 2 aromatic rings. The van der Waals surface area contributed by atoms with Gasteiger partial charge in [0.05, 0.1) is 19.1 Å². The Kier molecular flexibility index (Phi) is 5.27. The van der Waals surface area contributed by atoms with Crippen molar-refractivity contribution in [3.05, 3.63) is 54.1 Å². The number of nitrogens with one attached hydrogen (secondary N) is 1. The normalized spacial score (nSPS) is 22.3. The Morgan fingerprint density at radius 1 is 1.26 bits per heavy atom. The second-order valence-electron chi connectivity index (χ2n) is 7.74. The van der Waals surface area contributed by atoms with Gasteiger partial charge in [-0.15, -0.1) is 0 Å². The second-order valence-corrected chi connectivity index (χ2v) is 7.74. The number of benzene rings is 1. The molecule has 0 bridgehead atoms. The van der Waals surface area contributed by atoms with Crippen LogP contribution in [0.5, 0.6) is 0 Å². The summed E-state index contributed by atoms with van der Waals surface area (Å²) < 4.78 is 7.34. The van der Waals surface area contributed by atoms with Crippen molar-refractivity contribution in [3.8, 4) is 0 Å². The Labute approximate surface area is 160 Å². The molecule has 2 fully saturated rings. The van der Waals surface area contributed by atoms with Crippen LogP contribution < -0.4 is 5.32 Å². The number of likely N-dealkylation sites (tertiary alicyclic amines) is 1. The minimum Gasteiger partial charge on any atom is -0.383 e. The first-order valence-electron chi connectivity index (χ1n) is 9.77. The third-order valence-electron chi connectivity index (χ3n) is 6.02. The topological polar surface area (TPSA) is 59.4 Å². The molecule has 6 heteroatoms. The van der Waals surface area contributed by atoms with Gasteiger partial charge in [-0.25, -0.2) is 4.98 Å². The standard InChI is InChI=1S/C21H28N4O2/c1-27-14-13-25-12-9-22-19(25)16-24-10-7-21(8-11-24)15-18(20(26)23-21)17-5-3-2-4-6-17/h2-6,9,12,18H,7-8,10-11,13-16H2,1H3,(H,23,26)/t18-/m0/s1. The number of rotatable bonds is 6. The minimum atomic E-state index is -0.0421. The fourth-order valence-corrected chi connectivity index (χ4v) is 4.39. The molecule has 0 saturated carbocycles. The summed E-state index contributed by atoms with van der Waals surface area (Å²) in [5.41, 5.74) is 1.09. The Morgan fingerprint density at radius 3 is 2.78 bits per heavy atom. The fraction of sp³-hybridized carbons (Fsp3) is 0.524. The number of carbonyl (C=O) groups is 1. The van der Waals surface area contributed by atoms with Gasteiger partial charge in [0.15, 0.2) is 0 Å². The Bertz CT molecular complexity index is 765. The summed E-state index contributed by atoms with van der Waals surface area (Å²) in [6.07, 6.45) is 6.79. The highest BCUT2D eigenvalue weighted by molar-refractivity contribution is 5.87. The van der Waals surface area contributed by atoms with E-state index >= 15 is 0 Å². The maximum Gasteiger partial charge on any atom is 0.228 e. The molecular formula is C21H28N4O2. The summed E-state index contributed by atoms with van der Waals surface area (Å²) in [7, 11) is 1.72. The molecule has 1 N–H and O–H groups in total. The molecule has 2 saturated heterocycles. The highest BCUT2D eigenvalue weighted by Gasteiger charge is 2.46. The van der Waals surface area contributed by atoms with Crippen molar-refractivity contribution in [2.45, 2.75) is 43.8 Å². The Morgan fingerprint density at radius 2 is 2.04 bits per heavy atom. The molecule has 0 radical (unpaired) electrons. The van der Waals surface area contributed by atoms with Crippen LogP contribution in [0, 0.1) is 0 Å². The molecule has 1 amide bonds. The number of aromatic nitrogens is 2. The van der Waals surface area contributed by atoms with E-state index in [1.807, 2.05) is 30.6 Å². The van der Waals surface area contributed by atoms with Crippen molar-refractivity contribution < 1.29 is 9.53 Å². The summed E-state index contributed by atoms with van der Waals surface area (Å²) in [4.78, 5) is 19.5. The summed E-state index contributed by atoms with van der Waals surface area (Å²) in [6.45, 7) is 4.35. The zero-order chi connectivity index (χ0) is 18.7. The van der Waals surface area contributed by atoms with Crippen LogP contribution in [-0.4, -0.2) is 52.7 Å². The molecular weight excluding hydrogens is 340 g/mol. The van der Waals surface area contributed by atoms with E-state index in [9.17, 15) is 4.79 Å². The van der Waals surface area contributed by atoms with E-state index < -0.39 is 0 Å². The lowest BCUT2D eigenvalue weighted by Crippen LogP contribution is -2.50. The van der Waals surface area contributed by atoms with Crippen molar-refractivity contribution >= 4 is 5.91 Å². The zero-order valence-electron chi connectivity index (χ0n) is 15.9. The third kappa shape index (κ3) is 3.92. The first-order chi connectivity index (χ1) is 13.2. The smallest absolute Gasteiger partial charge is 0.228 e. The third-order valence-corrected chi connectivity index (χ3v) is 6.02. The van der Waals surface area contributed by atoms with Gasteiger partial charge in [0.25, 0.3) is 0 Å². The van der Waals surface area contributed by atoms with E-state index in [1.54, 1.807) is 7.11 Å². The lowest BCUT2D eigenvalue weighted by Gasteiger charge is -2.39. The molecule has 6 nitrogen and oxygen atoms in total. The summed E-state index contributed by atoms with van der Waals surface area (Å²) in [5.74, 6) is 1.26. The van der Waals surface area contributed by atoms with Gasteiger partial charge in [-0.05, 0) is 24.8 Å². The highest BCUT2D eigenvalue weighted by atomic mass is 16.5. The van der Waals surface area contributed by atoms with Gasteiger partial charge in [0, 0.05) is 44.7 Å². The van der Waals surface area contributed by atoms with Gasteiger partial charge in [-0.3, -0.25) is 9.69 Å². The van der Waals surface area contributed by atoms with Gasteiger partial charge in [0.1, 0.15) is 5.82 Å². The lowest BCUT2D eigenvalue weighted by molar-refractivity contribution is -0.121. The molecule has 27 heavy (non-hydrogen) atoms. The maximum atomic E-state index is 12.6. The van der Waals surface area contributed by atoms with E-state index in [0.29, 0.717) is 6.61 Å². The molecule has 1 aromatic carbocycles. The first kappa shape index (κ1) is 18.2. The number of hydrogen-bond donors (Lipinski definition) is 1. The largest absolute Gasteiger partial charge is 0.383 e. The van der Waals surface area contributed by atoms with Crippen LogP contribution in [0.15, 0.2) is 42.7 Å². The number of ether oxygens (including phenoxy) is 1. The van der Waals surface area contributed by atoms with E-state index in [2.05, 4.69) is 31.9 Å². The van der Waals surface area contributed by atoms with E-state index in [0.717, 1.165) is 56.8 Å². The molecule has 1 spiro atoms. The van der Waals surface area contributed by atoms with Gasteiger partial charge >= 0.3 is 0 Å². The number of nitrogens with zero attached hydrogens (tertiary/aromatic N) is 3. The van der Waals surface area contributed by atoms with Gasteiger partial charge < -0.3 is 14.6 Å². The SMILES string of the molecule is COCCn1ccnc1CN1CCC2(CC1)C[C@@H](c1ccccc1)C(=O)N2. The molecule has 4 rings (SSSR count). The molecule has 2 aliphatic heterocycles. The van der Waals surface area contributed by atoms with E-state index in [1.165, 1.54) is 0 Å². The van der Waals surface area contributed by atoms with Crippen LogP contribution >= 0.6 is 0 Å². The van der Waals surface area contributed by atoms with Crippen LogP contribution in [-0.2, 0) is 22.6 Å². The van der Waals surface area contributed by atoms with E-state index in [-0.39, 0.29) is 17.4 Å². The van der Waals surface area contributed by atoms with E-state index in [4.69, 9.17) is 4.74 Å². The summed E-state index contributed by atoms with van der Waals surface area (Å²) >= 11 is 0. The van der Waals surface area contributed by atoms with Gasteiger partial charge in [0.2, 0.25) is 5.91 Å². The number of carbonyl (C=O) groups excluding carboxylic acids is 1. The zero-order valence-corrected chi connectivity index (χ0v) is 15.9. The van der Waals surface area contributed by atoms with Crippen LogP contribution in [0.1, 0.15) is 36.6 Å². The number of piperidine rings is 1. The molecule has 3 heterocycles. The molecule has 1 atom stereocenters. The molecule has 1 aromatic heterocycles. The molecule has 2 aliphatic rings. The Balaban J connectivity index is 1.35. The predicted octanol–water partition coefficient (Wildman–Crippen LogP) is 2.17. The average molecular weight is 368 g/mol. The van der Waals surface area contributed by atoms with Crippen molar-refractivity contribution in [1.29, 1.82) is 0 Å². The molecule has 0 unspecified atom stereocenters.